The van der Waals surface area contributed by atoms with Gasteiger partial charge in [0.1, 0.15) is 11.9 Å². The minimum Gasteiger partial charge on any atom is -0.335 e. The van der Waals surface area contributed by atoms with Gasteiger partial charge >= 0.3 is 0 Å². The second-order valence-corrected chi connectivity index (χ2v) is 5.79. The van der Waals surface area contributed by atoms with Crippen LogP contribution in [0.25, 0.3) is 0 Å². The van der Waals surface area contributed by atoms with Crippen molar-refractivity contribution in [2.24, 2.45) is 0 Å². The molecular weight excluding hydrogens is 327 g/mol. The quantitative estimate of drug-likeness (QED) is 0.687. The molecule has 24 heavy (non-hydrogen) atoms. The van der Waals surface area contributed by atoms with E-state index in [2.05, 4.69) is 0 Å². The number of rotatable bonds is 1. The average Bonchev–Trinajstić information content (AvgIpc) is 2.55. The van der Waals surface area contributed by atoms with Gasteiger partial charge in [0.15, 0.2) is 11.6 Å². The summed E-state index contributed by atoms with van der Waals surface area (Å²) in [5, 5.41) is 0. The number of likely N-dealkylation sites (N-methyl/N-ethyl adjacent to an activating group) is 1. The van der Waals surface area contributed by atoms with E-state index < -0.39 is 35.0 Å². The van der Waals surface area contributed by atoms with Gasteiger partial charge in [-0.2, -0.15) is 0 Å². The molecule has 0 aromatic heterocycles. The van der Waals surface area contributed by atoms with Gasteiger partial charge in [-0.05, 0) is 6.07 Å². The lowest BCUT2D eigenvalue weighted by Crippen LogP contribution is -2.66. The van der Waals surface area contributed by atoms with Crippen molar-refractivity contribution in [3.63, 3.8) is 0 Å². The maximum atomic E-state index is 13.8. The summed E-state index contributed by atoms with van der Waals surface area (Å²) in [6.45, 7) is 0.0594. The van der Waals surface area contributed by atoms with E-state index in [0.29, 0.717) is 12.1 Å². The maximum absolute atomic E-state index is 13.8. The molecule has 1 atom stereocenters. The fraction of sp³-hybridized carbons (Fsp3) is 0.400. The molecule has 0 aliphatic carbocycles. The first-order chi connectivity index (χ1) is 11.3. The summed E-state index contributed by atoms with van der Waals surface area (Å²) in [5.74, 6) is -5.29. The van der Waals surface area contributed by atoms with Gasteiger partial charge in [-0.15, -0.1) is 0 Å². The second-order valence-electron chi connectivity index (χ2n) is 5.79. The smallest absolute Gasteiger partial charge is 0.257 e. The Labute approximate surface area is 135 Å². The van der Waals surface area contributed by atoms with Crippen molar-refractivity contribution in [3.05, 3.63) is 35.1 Å². The Morgan fingerprint density at radius 1 is 1.08 bits per heavy atom. The van der Waals surface area contributed by atoms with E-state index in [9.17, 15) is 27.6 Å². The van der Waals surface area contributed by atoms with Crippen molar-refractivity contribution >= 4 is 17.7 Å². The number of amides is 3. The number of benzene rings is 1. The SMILES string of the molecule is CN1CC(=O)N2CCN(C(=O)c3cc(F)c(F)cc3F)C[C@@H]2C1=O. The van der Waals surface area contributed by atoms with Crippen molar-refractivity contribution in [2.75, 3.05) is 33.2 Å². The summed E-state index contributed by atoms with van der Waals surface area (Å²) < 4.78 is 40.1. The Morgan fingerprint density at radius 3 is 2.46 bits per heavy atom. The molecule has 0 unspecified atom stereocenters. The average molecular weight is 341 g/mol. The first kappa shape index (κ1) is 16.3. The lowest BCUT2D eigenvalue weighted by atomic mass is 10.1. The van der Waals surface area contributed by atoms with Crippen LogP contribution in [-0.2, 0) is 9.59 Å². The minimum absolute atomic E-state index is 0.0267. The van der Waals surface area contributed by atoms with Gasteiger partial charge in [0.2, 0.25) is 11.8 Å². The van der Waals surface area contributed by atoms with Crippen LogP contribution < -0.4 is 0 Å². The zero-order valence-electron chi connectivity index (χ0n) is 12.8. The molecule has 2 fully saturated rings. The summed E-state index contributed by atoms with van der Waals surface area (Å²) in [6, 6.07) is -0.0383. The third-order valence-corrected chi connectivity index (χ3v) is 4.26. The van der Waals surface area contributed by atoms with Gasteiger partial charge in [-0.1, -0.05) is 0 Å². The number of piperazine rings is 2. The van der Waals surface area contributed by atoms with Gasteiger partial charge in [-0.3, -0.25) is 14.4 Å². The minimum atomic E-state index is -1.39. The molecule has 0 bridgehead atoms. The molecule has 1 aromatic carbocycles. The molecule has 9 heteroatoms. The Bertz CT molecular complexity index is 740. The third-order valence-electron chi connectivity index (χ3n) is 4.26. The Hall–Kier alpha value is -2.58. The summed E-state index contributed by atoms with van der Waals surface area (Å²) in [4.78, 5) is 40.3. The first-order valence-electron chi connectivity index (χ1n) is 7.28. The van der Waals surface area contributed by atoms with Crippen molar-refractivity contribution < 1.29 is 27.6 Å². The molecule has 2 aliphatic rings. The van der Waals surface area contributed by atoms with E-state index in [4.69, 9.17) is 0 Å². The summed E-state index contributed by atoms with van der Waals surface area (Å²) in [6.07, 6.45) is 0. The van der Waals surface area contributed by atoms with Crippen molar-refractivity contribution in [1.82, 2.24) is 14.7 Å². The highest BCUT2D eigenvalue weighted by molar-refractivity contribution is 5.98. The normalized spacial score (nSPS) is 21.2. The molecule has 2 aliphatic heterocycles. The van der Waals surface area contributed by atoms with E-state index in [1.165, 1.54) is 21.7 Å². The van der Waals surface area contributed by atoms with Gasteiger partial charge in [0, 0.05) is 26.2 Å². The Morgan fingerprint density at radius 2 is 1.75 bits per heavy atom. The number of carbonyl (C=O) groups is 3. The zero-order chi connectivity index (χ0) is 17.6. The molecule has 3 rings (SSSR count). The van der Waals surface area contributed by atoms with Crippen molar-refractivity contribution in [1.29, 1.82) is 0 Å². The highest BCUT2D eigenvalue weighted by Gasteiger charge is 2.42. The van der Waals surface area contributed by atoms with E-state index in [0.717, 1.165) is 0 Å². The largest absolute Gasteiger partial charge is 0.335 e. The maximum Gasteiger partial charge on any atom is 0.257 e. The van der Waals surface area contributed by atoms with Gasteiger partial charge in [0.25, 0.3) is 5.91 Å². The zero-order valence-corrected chi connectivity index (χ0v) is 12.8. The van der Waals surface area contributed by atoms with Gasteiger partial charge < -0.3 is 14.7 Å². The van der Waals surface area contributed by atoms with Crippen LogP contribution in [0.1, 0.15) is 10.4 Å². The van der Waals surface area contributed by atoms with Crippen LogP contribution in [0.5, 0.6) is 0 Å². The standard InChI is InChI=1S/C15H14F3N3O3/c1-19-7-13(22)21-3-2-20(6-12(21)15(19)24)14(23)8-4-10(17)11(18)5-9(8)16/h4-5,12H,2-3,6-7H2,1H3/t12-/m1/s1. The second kappa shape index (κ2) is 5.81. The van der Waals surface area contributed by atoms with E-state index in [1.807, 2.05) is 0 Å². The van der Waals surface area contributed by atoms with Crippen LogP contribution in [0, 0.1) is 17.5 Å². The molecule has 0 spiro atoms. The fourth-order valence-electron chi connectivity index (χ4n) is 2.96. The Kier molecular flexibility index (Phi) is 3.94. The van der Waals surface area contributed by atoms with E-state index in [-0.39, 0.29) is 38.0 Å². The molecule has 0 saturated carbocycles. The van der Waals surface area contributed by atoms with Crippen LogP contribution in [-0.4, -0.2) is 71.7 Å². The fourth-order valence-corrected chi connectivity index (χ4v) is 2.96. The number of carbonyl (C=O) groups excluding carboxylic acids is 3. The molecule has 6 nitrogen and oxygen atoms in total. The highest BCUT2D eigenvalue weighted by atomic mass is 19.2. The molecular formula is C15H14F3N3O3. The summed E-state index contributed by atoms with van der Waals surface area (Å²) in [7, 11) is 1.48. The molecule has 0 radical (unpaired) electrons. The molecule has 2 saturated heterocycles. The first-order valence-corrected chi connectivity index (χ1v) is 7.28. The predicted octanol–water partition coefficient (Wildman–Crippen LogP) is 0.229. The molecule has 2 heterocycles. The number of hydrogen-bond acceptors (Lipinski definition) is 3. The molecule has 1 aromatic rings. The lowest BCUT2D eigenvalue weighted by Gasteiger charge is -2.45. The van der Waals surface area contributed by atoms with Crippen molar-refractivity contribution in [2.45, 2.75) is 6.04 Å². The number of halogens is 3. The van der Waals surface area contributed by atoms with E-state index >= 15 is 0 Å². The predicted molar refractivity (Wildman–Crippen MR) is 75.4 cm³/mol. The lowest BCUT2D eigenvalue weighted by molar-refractivity contribution is -0.157. The van der Waals surface area contributed by atoms with Gasteiger partial charge in [-0.25, -0.2) is 13.2 Å². The summed E-state index contributed by atoms with van der Waals surface area (Å²) in [5.41, 5.74) is -0.606. The monoisotopic (exact) mass is 341 g/mol. The summed E-state index contributed by atoms with van der Waals surface area (Å²) >= 11 is 0. The van der Waals surface area contributed by atoms with Crippen LogP contribution >= 0.6 is 0 Å². The molecule has 128 valence electrons. The number of hydrogen-bond donors (Lipinski definition) is 0. The van der Waals surface area contributed by atoms with Gasteiger partial charge in [0.05, 0.1) is 18.7 Å². The highest BCUT2D eigenvalue weighted by Crippen LogP contribution is 2.21. The molecule has 0 N–H and O–H groups in total. The van der Waals surface area contributed by atoms with E-state index in [1.54, 1.807) is 0 Å². The van der Waals surface area contributed by atoms with Crippen LogP contribution in [0.4, 0.5) is 13.2 Å². The topological polar surface area (TPSA) is 60.9 Å². The number of fused-ring (bicyclic) bond motifs is 1. The van der Waals surface area contributed by atoms with Crippen molar-refractivity contribution in [3.8, 4) is 0 Å². The molecule has 3 amide bonds. The van der Waals surface area contributed by atoms with Crippen LogP contribution in [0.3, 0.4) is 0 Å². The Balaban J connectivity index is 1.84. The van der Waals surface area contributed by atoms with Crippen LogP contribution in [0.2, 0.25) is 0 Å². The number of nitrogens with zero attached hydrogens (tertiary/aromatic N) is 3. The van der Waals surface area contributed by atoms with Crippen LogP contribution in [0.15, 0.2) is 12.1 Å². The third kappa shape index (κ3) is 2.59.